The van der Waals surface area contributed by atoms with Gasteiger partial charge in [0.2, 0.25) is 0 Å². The smallest absolute Gasteiger partial charge is 0.0775 e. The van der Waals surface area contributed by atoms with E-state index in [9.17, 15) is 0 Å². The van der Waals surface area contributed by atoms with Gasteiger partial charge in [-0.3, -0.25) is 4.90 Å². The molecule has 3 rings (SSSR count). The lowest BCUT2D eigenvalue weighted by molar-refractivity contribution is 0.0805. The van der Waals surface area contributed by atoms with E-state index in [4.69, 9.17) is 0 Å². The van der Waals surface area contributed by atoms with Gasteiger partial charge in [-0.05, 0) is 44.7 Å². The summed E-state index contributed by atoms with van der Waals surface area (Å²) < 4.78 is 0. The second-order valence-corrected chi connectivity index (χ2v) is 12.6. The summed E-state index contributed by atoms with van der Waals surface area (Å²) in [4.78, 5) is 2.68. The Kier molecular flexibility index (Phi) is 3.14. The predicted molar refractivity (Wildman–Crippen MR) is 85.7 cm³/mol. The minimum Gasteiger partial charge on any atom is -0.294 e. The first-order chi connectivity index (χ1) is 8.93. The number of fused-ring (bicyclic) bond motifs is 2. The highest BCUT2D eigenvalue weighted by atomic mass is 28.3. The van der Waals surface area contributed by atoms with E-state index in [1.807, 2.05) is 0 Å². The van der Waals surface area contributed by atoms with Crippen molar-refractivity contribution >= 4 is 13.3 Å². The van der Waals surface area contributed by atoms with E-state index in [2.05, 4.69) is 55.9 Å². The highest BCUT2D eigenvalue weighted by Gasteiger charge is 2.47. The molecule has 2 atom stereocenters. The van der Waals surface area contributed by atoms with Crippen LogP contribution in [0.25, 0.3) is 0 Å². The number of piperidine rings is 1. The van der Waals surface area contributed by atoms with Gasteiger partial charge in [-0.25, -0.2) is 0 Å². The van der Waals surface area contributed by atoms with Gasteiger partial charge in [0.05, 0.1) is 8.07 Å². The van der Waals surface area contributed by atoms with Crippen LogP contribution in [-0.4, -0.2) is 26.1 Å². The largest absolute Gasteiger partial charge is 0.294 e. The minimum absolute atomic E-state index is 0.362. The molecule has 19 heavy (non-hydrogen) atoms. The summed E-state index contributed by atoms with van der Waals surface area (Å²) in [5, 5.41) is 1.58. The van der Waals surface area contributed by atoms with Crippen LogP contribution >= 0.6 is 0 Å². The van der Waals surface area contributed by atoms with E-state index >= 15 is 0 Å². The molecule has 1 aromatic carbocycles. The Labute approximate surface area is 119 Å². The van der Waals surface area contributed by atoms with Gasteiger partial charge in [-0.1, -0.05) is 49.1 Å². The van der Waals surface area contributed by atoms with Crippen molar-refractivity contribution in [2.45, 2.75) is 63.3 Å². The molecule has 2 aliphatic rings. The van der Waals surface area contributed by atoms with Gasteiger partial charge >= 0.3 is 0 Å². The molecule has 0 amide bonds. The van der Waals surface area contributed by atoms with Crippen LogP contribution in [0.2, 0.25) is 19.6 Å². The van der Waals surface area contributed by atoms with E-state index in [1.54, 1.807) is 10.8 Å². The summed E-state index contributed by atoms with van der Waals surface area (Å²) in [6.45, 7) is 7.29. The van der Waals surface area contributed by atoms with Crippen molar-refractivity contribution in [3.63, 3.8) is 0 Å². The summed E-state index contributed by atoms with van der Waals surface area (Å²) in [6, 6.07) is 10.5. The van der Waals surface area contributed by atoms with Crippen molar-refractivity contribution in [3.05, 3.63) is 29.8 Å². The van der Waals surface area contributed by atoms with Crippen LogP contribution in [0, 0.1) is 0 Å². The van der Waals surface area contributed by atoms with Crippen LogP contribution in [0.3, 0.4) is 0 Å². The molecule has 1 aromatic rings. The molecule has 0 spiro atoms. The lowest BCUT2D eigenvalue weighted by Gasteiger charge is -2.43. The fraction of sp³-hybridized carbons (Fsp3) is 0.647. The molecule has 0 unspecified atom stereocenters. The van der Waals surface area contributed by atoms with Gasteiger partial charge < -0.3 is 0 Å². The number of rotatable bonds is 2. The maximum absolute atomic E-state index is 2.68. The van der Waals surface area contributed by atoms with Gasteiger partial charge in [0.25, 0.3) is 0 Å². The van der Waals surface area contributed by atoms with Crippen molar-refractivity contribution in [3.8, 4) is 0 Å². The minimum atomic E-state index is -1.16. The molecule has 2 saturated heterocycles. The van der Waals surface area contributed by atoms with Gasteiger partial charge in [-0.15, -0.1) is 0 Å². The van der Waals surface area contributed by atoms with Gasteiger partial charge in [0.15, 0.2) is 0 Å². The fourth-order valence-electron chi connectivity index (χ4n) is 4.17. The molecule has 0 radical (unpaired) electrons. The highest BCUT2D eigenvalue weighted by molar-refractivity contribution is 6.88. The maximum atomic E-state index is 2.68. The third-order valence-corrected chi connectivity index (χ3v) is 7.60. The van der Waals surface area contributed by atoms with Crippen LogP contribution in [0.1, 0.15) is 37.7 Å². The van der Waals surface area contributed by atoms with Crippen LogP contribution < -0.4 is 5.19 Å². The molecule has 0 N–H and O–H groups in total. The molecule has 2 fully saturated rings. The fourth-order valence-corrected chi connectivity index (χ4v) is 5.33. The van der Waals surface area contributed by atoms with E-state index in [1.165, 1.54) is 32.1 Å². The molecule has 2 aliphatic heterocycles. The van der Waals surface area contributed by atoms with Crippen LogP contribution in [0.4, 0.5) is 0 Å². The zero-order chi connectivity index (χ0) is 13.7. The van der Waals surface area contributed by atoms with Crippen LogP contribution in [0.15, 0.2) is 24.3 Å². The third kappa shape index (κ3) is 2.09. The topological polar surface area (TPSA) is 3.24 Å². The maximum Gasteiger partial charge on any atom is 0.0775 e. The van der Waals surface area contributed by atoms with Crippen molar-refractivity contribution in [1.29, 1.82) is 0 Å². The molecule has 0 aliphatic carbocycles. The number of nitrogens with zero attached hydrogens (tertiary/aromatic N) is 1. The van der Waals surface area contributed by atoms with E-state index < -0.39 is 8.07 Å². The Bertz CT molecular complexity index is 455. The monoisotopic (exact) mass is 273 g/mol. The SMILES string of the molecule is CN1[C@@H]2CCC[C@@]1(c1ccc([Si](C)(C)C)cc1)CC2. The van der Waals surface area contributed by atoms with Crippen molar-refractivity contribution in [2.24, 2.45) is 0 Å². The quantitative estimate of drug-likeness (QED) is 0.743. The average molecular weight is 273 g/mol. The number of hydrogen-bond acceptors (Lipinski definition) is 1. The molecule has 2 heterocycles. The summed E-state index contributed by atoms with van der Waals surface area (Å²) in [6.07, 6.45) is 6.93. The molecule has 104 valence electrons. The Balaban J connectivity index is 1.94. The molecule has 2 heteroatoms. The molecule has 1 nitrogen and oxygen atoms in total. The van der Waals surface area contributed by atoms with E-state index in [0.29, 0.717) is 5.54 Å². The summed E-state index contributed by atoms with van der Waals surface area (Å²) in [7, 11) is 1.19. The highest BCUT2D eigenvalue weighted by Crippen LogP contribution is 2.49. The summed E-state index contributed by atoms with van der Waals surface area (Å²) in [5.41, 5.74) is 1.93. The second-order valence-electron chi connectivity index (χ2n) is 7.55. The first-order valence-corrected chi connectivity index (χ1v) is 11.3. The number of benzene rings is 1. The molecular formula is C17H27NSi. The number of hydrogen-bond donors (Lipinski definition) is 0. The van der Waals surface area contributed by atoms with Crippen LogP contribution in [-0.2, 0) is 5.54 Å². The van der Waals surface area contributed by atoms with E-state index in [-0.39, 0.29) is 0 Å². The first kappa shape index (κ1) is 13.4. The summed E-state index contributed by atoms with van der Waals surface area (Å²) in [5.74, 6) is 0. The average Bonchev–Trinajstić information content (AvgIpc) is 2.58. The second kappa shape index (κ2) is 4.46. The predicted octanol–water partition coefficient (Wildman–Crippen LogP) is 3.71. The van der Waals surface area contributed by atoms with Crippen LogP contribution in [0.5, 0.6) is 0 Å². The van der Waals surface area contributed by atoms with Gasteiger partial charge in [0, 0.05) is 11.6 Å². The molecular weight excluding hydrogens is 246 g/mol. The lowest BCUT2D eigenvalue weighted by Crippen LogP contribution is -2.46. The zero-order valence-electron chi connectivity index (χ0n) is 12.9. The van der Waals surface area contributed by atoms with Crippen molar-refractivity contribution in [2.75, 3.05) is 7.05 Å². The first-order valence-electron chi connectivity index (χ1n) is 7.77. The zero-order valence-corrected chi connectivity index (χ0v) is 13.9. The summed E-state index contributed by atoms with van der Waals surface area (Å²) >= 11 is 0. The Morgan fingerprint density at radius 3 is 2.37 bits per heavy atom. The van der Waals surface area contributed by atoms with Crippen molar-refractivity contribution < 1.29 is 0 Å². The standard InChI is InChI=1S/C17H27NSi/c1-18-15-6-5-12-17(18,13-11-15)14-7-9-16(10-8-14)19(2,3)4/h7-10,15H,5-6,11-13H2,1-4H3/t15-,17+/m1/s1. The van der Waals surface area contributed by atoms with Gasteiger partial charge in [0.1, 0.15) is 0 Å². The normalized spacial score (nSPS) is 31.7. The molecule has 0 aromatic heterocycles. The van der Waals surface area contributed by atoms with Crippen molar-refractivity contribution in [1.82, 2.24) is 4.90 Å². The lowest BCUT2D eigenvalue weighted by atomic mass is 9.82. The Hall–Kier alpha value is -0.603. The molecule has 0 saturated carbocycles. The van der Waals surface area contributed by atoms with Gasteiger partial charge in [-0.2, -0.15) is 0 Å². The Morgan fingerprint density at radius 2 is 1.74 bits per heavy atom. The Morgan fingerprint density at radius 1 is 1.05 bits per heavy atom. The third-order valence-electron chi connectivity index (χ3n) is 5.53. The van der Waals surface area contributed by atoms with E-state index in [0.717, 1.165) is 6.04 Å². The molecule has 2 bridgehead atoms.